The minimum Gasteiger partial charge on any atom is -0.481 e. The maximum absolute atomic E-state index is 11.8. The Kier molecular flexibility index (Phi) is 3.76. The fourth-order valence-corrected chi connectivity index (χ4v) is 1.49. The molecule has 98 valence electrons. The Hall–Kier alpha value is -2.41. The van der Waals surface area contributed by atoms with Crippen molar-refractivity contribution in [1.82, 2.24) is 15.0 Å². The predicted molar refractivity (Wildman–Crippen MR) is 68.6 cm³/mol. The summed E-state index contributed by atoms with van der Waals surface area (Å²) in [6, 6.07) is 4.03. The van der Waals surface area contributed by atoms with Gasteiger partial charge >= 0.3 is 0 Å². The molecule has 2 aromatic heterocycles. The Balaban J connectivity index is 2.24. The maximum atomic E-state index is 11.8. The molecule has 0 bridgehead atoms. The molecule has 2 N–H and O–H groups in total. The van der Waals surface area contributed by atoms with Crippen molar-refractivity contribution in [1.29, 1.82) is 0 Å². The molecule has 0 unspecified atom stereocenters. The minimum atomic E-state index is -0.518. The van der Waals surface area contributed by atoms with E-state index in [0.717, 1.165) is 6.07 Å². The lowest BCUT2D eigenvalue weighted by Crippen LogP contribution is -2.17. The average Bonchev–Trinajstić information content (AvgIpc) is 2.38. The van der Waals surface area contributed by atoms with Crippen LogP contribution < -0.4 is 15.6 Å². The molecule has 0 aromatic carbocycles. The van der Waals surface area contributed by atoms with Gasteiger partial charge in [-0.25, -0.2) is 4.98 Å². The first-order chi connectivity index (χ1) is 9.08. The van der Waals surface area contributed by atoms with Crippen LogP contribution in [0.1, 0.15) is 10.4 Å². The smallest absolute Gasteiger partial charge is 0.258 e. The highest BCUT2D eigenvalue weighted by molar-refractivity contribution is 6.29. The van der Waals surface area contributed by atoms with Gasteiger partial charge in [0.15, 0.2) is 0 Å². The van der Waals surface area contributed by atoms with E-state index in [1.807, 2.05) is 0 Å². The van der Waals surface area contributed by atoms with E-state index in [4.69, 9.17) is 16.3 Å². The predicted octanol–water partition coefficient (Wildman–Crippen LogP) is 1.08. The number of aromatic amines is 1. The SMILES string of the molecule is COc1cc(Cl)nc(NC(=O)c2cc[nH]c(=O)c2)n1. The number of pyridine rings is 1. The number of halogens is 1. The second kappa shape index (κ2) is 5.49. The number of amides is 1. The van der Waals surface area contributed by atoms with Crippen LogP contribution in [0.2, 0.25) is 5.15 Å². The highest BCUT2D eigenvalue weighted by Gasteiger charge is 2.10. The largest absolute Gasteiger partial charge is 0.481 e. The molecule has 19 heavy (non-hydrogen) atoms. The topological polar surface area (TPSA) is 97.0 Å². The van der Waals surface area contributed by atoms with Gasteiger partial charge in [-0.1, -0.05) is 11.6 Å². The molecule has 0 saturated heterocycles. The number of anilines is 1. The van der Waals surface area contributed by atoms with E-state index in [1.165, 1.54) is 25.4 Å². The van der Waals surface area contributed by atoms with Crippen molar-refractivity contribution in [2.45, 2.75) is 0 Å². The molecule has 2 rings (SSSR count). The van der Waals surface area contributed by atoms with Crippen molar-refractivity contribution in [2.24, 2.45) is 0 Å². The Labute approximate surface area is 112 Å². The molecule has 0 atom stereocenters. The third-order valence-corrected chi connectivity index (χ3v) is 2.34. The molecule has 0 saturated carbocycles. The Morgan fingerprint density at radius 1 is 1.42 bits per heavy atom. The Morgan fingerprint density at radius 2 is 2.21 bits per heavy atom. The van der Waals surface area contributed by atoms with Crippen LogP contribution in [-0.4, -0.2) is 28.0 Å². The maximum Gasteiger partial charge on any atom is 0.258 e. The zero-order valence-corrected chi connectivity index (χ0v) is 10.6. The fraction of sp³-hybridized carbons (Fsp3) is 0.0909. The summed E-state index contributed by atoms with van der Waals surface area (Å²) in [6.45, 7) is 0. The summed E-state index contributed by atoms with van der Waals surface area (Å²) < 4.78 is 4.90. The molecule has 0 aliphatic rings. The van der Waals surface area contributed by atoms with Gasteiger partial charge in [0.2, 0.25) is 17.4 Å². The van der Waals surface area contributed by atoms with Gasteiger partial charge in [0.05, 0.1) is 7.11 Å². The molecular formula is C11H9ClN4O3. The number of carbonyl (C=O) groups is 1. The number of rotatable bonds is 3. The first-order valence-corrected chi connectivity index (χ1v) is 5.55. The van der Waals surface area contributed by atoms with Crippen LogP contribution in [-0.2, 0) is 0 Å². The number of carbonyl (C=O) groups excluding carboxylic acids is 1. The average molecular weight is 281 g/mol. The molecule has 1 amide bonds. The fourth-order valence-electron chi connectivity index (χ4n) is 1.32. The van der Waals surface area contributed by atoms with Gasteiger partial charge in [-0.05, 0) is 6.07 Å². The van der Waals surface area contributed by atoms with Gasteiger partial charge in [-0.3, -0.25) is 14.9 Å². The lowest BCUT2D eigenvalue weighted by Gasteiger charge is -2.05. The van der Waals surface area contributed by atoms with Crippen molar-refractivity contribution in [2.75, 3.05) is 12.4 Å². The van der Waals surface area contributed by atoms with Gasteiger partial charge in [0.25, 0.3) is 5.91 Å². The summed E-state index contributed by atoms with van der Waals surface area (Å²) in [5.74, 6) is -0.300. The van der Waals surface area contributed by atoms with E-state index < -0.39 is 5.91 Å². The highest BCUT2D eigenvalue weighted by atomic mass is 35.5. The van der Waals surface area contributed by atoms with Crippen molar-refractivity contribution in [3.63, 3.8) is 0 Å². The standard InChI is InChI=1S/C11H9ClN4O3/c1-19-9-5-7(12)14-11(15-9)16-10(18)6-2-3-13-8(17)4-6/h2-5H,1H3,(H,13,17)(H,14,15,16,18). The Bertz CT molecular complexity index is 671. The van der Waals surface area contributed by atoms with Crippen LogP contribution in [0.15, 0.2) is 29.2 Å². The summed E-state index contributed by atoms with van der Waals surface area (Å²) >= 11 is 5.75. The second-order valence-electron chi connectivity index (χ2n) is 3.45. The minimum absolute atomic E-state index is 0.00497. The van der Waals surface area contributed by atoms with E-state index in [0.29, 0.717) is 0 Å². The van der Waals surface area contributed by atoms with Gasteiger partial charge in [0.1, 0.15) is 5.15 Å². The van der Waals surface area contributed by atoms with Gasteiger partial charge in [-0.2, -0.15) is 4.98 Å². The molecule has 0 aliphatic heterocycles. The molecule has 0 fully saturated rings. The van der Waals surface area contributed by atoms with E-state index >= 15 is 0 Å². The van der Waals surface area contributed by atoms with Crippen LogP contribution in [0.4, 0.5) is 5.95 Å². The van der Waals surface area contributed by atoms with Crippen LogP contribution >= 0.6 is 11.6 Å². The van der Waals surface area contributed by atoms with Crippen LogP contribution in [0.3, 0.4) is 0 Å². The molecule has 2 heterocycles. The number of aromatic nitrogens is 3. The summed E-state index contributed by atoms with van der Waals surface area (Å²) in [7, 11) is 1.42. The third kappa shape index (κ3) is 3.29. The van der Waals surface area contributed by atoms with Crippen molar-refractivity contribution < 1.29 is 9.53 Å². The highest BCUT2D eigenvalue weighted by Crippen LogP contribution is 2.16. The zero-order chi connectivity index (χ0) is 13.8. The third-order valence-electron chi connectivity index (χ3n) is 2.14. The summed E-state index contributed by atoms with van der Waals surface area (Å²) in [5.41, 5.74) is -0.191. The van der Waals surface area contributed by atoms with Gasteiger partial charge in [-0.15, -0.1) is 0 Å². The number of H-pyrrole nitrogens is 1. The normalized spacial score (nSPS) is 10.0. The van der Waals surface area contributed by atoms with Gasteiger partial charge < -0.3 is 9.72 Å². The number of nitrogens with one attached hydrogen (secondary N) is 2. The van der Waals surface area contributed by atoms with E-state index in [2.05, 4.69) is 20.3 Å². The van der Waals surface area contributed by atoms with Crippen molar-refractivity contribution in [3.05, 3.63) is 45.5 Å². The summed E-state index contributed by atoms with van der Waals surface area (Å²) in [6.07, 6.45) is 1.37. The number of hydrogen-bond donors (Lipinski definition) is 2. The van der Waals surface area contributed by atoms with Crippen LogP contribution in [0.25, 0.3) is 0 Å². The van der Waals surface area contributed by atoms with E-state index in [9.17, 15) is 9.59 Å². The summed E-state index contributed by atoms with van der Waals surface area (Å²) in [5, 5.41) is 2.56. The molecule has 0 radical (unpaired) electrons. The molecular weight excluding hydrogens is 272 g/mol. The number of hydrogen-bond acceptors (Lipinski definition) is 5. The molecule has 7 nitrogen and oxygen atoms in total. The van der Waals surface area contributed by atoms with Crippen LogP contribution in [0.5, 0.6) is 5.88 Å². The first-order valence-electron chi connectivity index (χ1n) is 5.17. The van der Waals surface area contributed by atoms with Gasteiger partial charge in [0, 0.05) is 23.9 Å². The molecule has 0 aliphatic carbocycles. The molecule has 2 aromatic rings. The van der Waals surface area contributed by atoms with E-state index in [-0.39, 0.29) is 28.1 Å². The van der Waals surface area contributed by atoms with Crippen LogP contribution in [0, 0.1) is 0 Å². The quantitative estimate of drug-likeness (QED) is 0.820. The monoisotopic (exact) mass is 280 g/mol. The second-order valence-corrected chi connectivity index (χ2v) is 3.84. The molecule has 8 heteroatoms. The number of methoxy groups -OCH3 is 1. The lowest BCUT2D eigenvalue weighted by molar-refractivity contribution is 0.102. The number of ether oxygens (including phenoxy) is 1. The Morgan fingerprint density at radius 3 is 2.89 bits per heavy atom. The molecule has 0 spiro atoms. The van der Waals surface area contributed by atoms with Crippen molar-refractivity contribution in [3.8, 4) is 5.88 Å². The lowest BCUT2D eigenvalue weighted by atomic mass is 10.2. The van der Waals surface area contributed by atoms with E-state index in [1.54, 1.807) is 0 Å². The number of nitrogens with zero attached hydrogens (tertiary/aromatic N) is 2. The first kappa shape index (κ1) is 13.0. The zero-order valence-electron chi connectivity index (χ0n) is 9.81. The summed E-state index contributed by atoms with van der Waals surface area (Å²) in [4.78, 5) is 33.1. The van der Waals surface area contributed by atoms with Crippen molar-refractivity contribution >= 4 is 23.5 Å².